The lowest BCUT2D eigenvalue weighted by molar-refractivity contribution is -0.115. The van der Waals surface area contributed by atoms with Crippen molar-refractivity contribution in [1.29, 1.82) is 0 Å². The molecule has 0 saturated carbocycles. The van der Waals surface area contributed by atoms with E-state index in [0.717, 1.165) is 33.8 Å². The predicted molar refractivity (Wildman–Crippen MR) is 127 cm³/mol. The Kier molecular flexibility index (Phi) is 5.50. The third kappa shape index (κ3) is 4.16. The number of hydrogen-bond acceptors (Lipinski definition) is 3. The predicted octanol–water partition coefficient (Wildman–Crippen LogP) is 5.76. The number of pyridine rings is 1. The van der Waals surface area contributed by atoms with Crippen molar-refractivity contribution in [2.45, 2.75) is 6.54 Å². The monoisotopic (exact) mass is 418 g/mol. The van der Waals surface area contributed by atoms with Crippen molar-refractivity contribution in [3.05, 3.63) is 120 Å². The Balaban J connectivity index is 1.48. The average Bonchev–Trinajstić information content (AvgIpc) is 2.88. The van der Waals surface area contributed by atoms with E-state index in [9.17, 15) is 4.79 Å². The summed E-state index contributed by atoms with van der Waals surface area (Å²) in [5.74, 6) is 0.713. The van der Waals surface area contributed by atoms with E-state index >= 15 is 0 Å². The largest absolute Gasteiger partial charge is 0.488 e. The second kappa shape index (κ2) is 8.90. The zero-order valence-electron chi connectivity index (χ0n) is 17.5. The van der Waals surface area contributed by atoms with Crippen LogP contribution in [0.5, 0.6) is 5.75 Å². The van der Waals surface area contributed by atoms with Gasteiger partial charge in [0.05, 0.1) is 17.8 Å². The molecule has 0 saturated heterocycles. The molecule has 1 amide bonds. The maximum absolute atomic E-state index is 13.6. The van der Waals surface area contributed by atoms with E-state index in [4.69, 9.17) is 4.74 Å². The lowest BCUT2D eigenvalue weighted by atomic mass is 10.0. The van der Waals surface area contributed by atoms with Gasteiger partial charge in [-0.05, 0) is 47.5 Å². The minimum absolute atomic E-state index is 0.0855. The lowest BCUT2D eigenvalue weighted by Crippen LogP contribution is -2.34. The molecule has 0 atom stereocenters. The molecule has 1 aliphatic heterocycles. The van der Waals surface area contributed by atoms with Gasteiger partial charge in [-0.1, -0.05) is 66.7 Å². The molecule has 4 nitrogen and oxygen atoms in total. The van der Waals surface area contributed by atoms with Crippen LogP contribution in [-0.4, -0.2) is 17.5 Å². The molecule has 0 bridgehead atoms. The summed E-state index contributed by atoms with van der Waals surface area (Å²) in [6.07, 6.45) is 3.67. The quantitative estimate of drug-likeness (QED) is 0.414. The Bertz CT molecular complexity index is 1250. The Labute approximate surface area is 187 Å². The van der Waals surface area contributed by atoms with Crippen LogP contribution in [-0.2, 0) is 11.3 Å². The summed E-state index contributed by atoms with van der Waals surface area (Å²) >= 11 is 0. The minimum Gasteiger partial charge on any atom is -0.488 e. The fraction of sp³-hybridized carbons (Fsp3) is 0.0714. The molecular formula is C28H22N2O2. The van der Waals surface area contributed by atoms with Gasteiger partial charge < -0.3 is 9.64 Å². The van der Waals surface area contributed by atoms with Gasteiger partial charge in [-0.3, -0.25) is 9.78 Å². The van der Waals surface area contributed by atoms with Gasteiger partial charge in [-0.2, -0.15) is 0 Å². The first kappa shape index (κ1) is 19.8. The molecule has 1 aliphatic rings. The minimum atomic E-state index is -0.0855. The first-order valence-corrected chi connectivity index (χ1v) is 10.6. The van der Waals surface area contributed by atoms with Gasteiger partial charge in [0.2, 0.25) is 0 Å². The third-order valence-electron chi connectivity index (χ3n) is 5.48. The number of ether oxygens (including phenoxy) is 1. The molecular weight excluding hydrogens is 396 g/mol. The van der Waals surface area contributed by atoms with Gasteiger partial charge in [0.1, 0.15) is 12.4 Å². The number of aromatic nitrogens is 1. The van der Waals surface area contributed by atoms with Crippen LogP contribution in [0, 0.1) is 0 Å². The number of fused-ring (bicyclic) bond motifs is 1. The summed E-state index contributed by atoms with van der Waals surface area (Å²) < 4.78 is 5.84. The average molecular weight is 418 g/mol. The van der Waals surface area contributed by atoms with Crippen molar-refractivity contribution in [1.82, 2.24) is 4.98 Å². The maximum atomic E-state index is 13.6. The van der Waals surface area contributed by atoms with E-state index in [-0.39, 0.29) is 12.5 Å². The number of carbonyl (C=O) groups is 1. The van der Waals surface area contributed by atoms with E-state index in [1.54, 1.807) is 11.1 Å². The first-order valence-electron chi connectivity index (χ1n) is 10.6. The molecule has 0 aliphatic carbocycles. The molecule has 4 aromatic rings. The zero-order chi connectivity index (χ0) is 21.8. The molecule has 0 radical (unpaired) electrons. The third-order valence-corrected chi connectivity index (χ3v) is 5.48. The van der Waals surface area contributed by atoms with Crippen LogP contribution in [0.25, 0.3) is 17.2 Å². The second-order valence-electron chi connectivity index (χ2n) is 7.62. The summed E-state index contributed by atoms with van der Waals surface area (Å²) in [6, 6.07) is 31.8. The number of amides is 1. The highest BCUT2D eigenvalue weighted by Crippen LogP contribution is 2.29. The Morgan fingerprint density at radius 3 is 2.31 bits per heavy atom. The van der Waals surface area contributed by atoms with Gasteiger partial charge in [-0.15, -0.1) is 0 Å². The van der Waals surface area contributed by atoms with Crippen LogP contribution in [0.3, 0.4) is 0 Å². The molecule has 156 valence electrons. The van der Waals surface area contributed by atoms with Crippen LogP contribution in [0.2, 0.25) is 0 Å². The van der Waals surface area contributed by atoms with E-state index in [2.05, 4.69) is 17.1 Å². The smallest absolute Gasteiger partial charge is 0.258 e. The van der Waals surface area contributed by atoms with Crippen LogP contribution in [0.1, 0.15) is 11.3 Å². The van der Waals surface area contributed by atoms with E-state index < -0.39 is 0 Å². The molecule has 0 unspecified atom stereocenters. The molecule has 0 spiro atoms. The molecule has 4 heteroatoms. The number of rotatable bonds is 5. The number of benzene rings is 3. The van der Waals surface area contributed by atoms with Crippen molar-refractivity contribution in [2.75, 3.05) is 11.5 Å². The van der Waals surface area contributed by atoms with Gasteiger partial charge in [0.15, 0.2) is 0 Å². The highest BCUT2D eigenvalue weighted by molar-refractivity contribution is 6.09. The highest BCUT2D eigenvalue weighted by Gasteiger charge is 2.24. The molecule has 2 heterocycles. The van der Waals surface area contributed by atoms with Gasteiger partial charge >= 0.3 is 0 Å². The van der Waals surface area contributed by atoms with Crippen molar-refractivity contribution >= 4 is 17.7 Å². The standard InChI is InChI=1S/C28H22N2O2/c31-28(24-18-23-10-4-5-12-27(23)32-20-24)30(19-25-11-6-7-17-29-25)26-15-13-22(14-16-26)21-8-2-1-3-9-21/h1-18H,19-20H2. The first-order chi connectivity index (χ1) is 15.8. The topological polar surface area (TPSA) is 42.4 Å². The molecule has 1 aromatic heterocycles. The number of hydrogen-bond donors (Lipinski definition) is 0. The Morgan fingerprint density at radius 1 is 0.812 bits per heavy atom. The Morgan fingerprint density at radius 2 is 1.53 bits per heavy atom. The summed E-state index contributed by atoms with van der Waals surface area (Å²) in [5.41, 5.74) is 5.42. The van der Waals surface area contributed by atoms with Gasteiger partial charge in [-0.25, -0.2) is 0 Å². The number of carbonyl (C=O) groups excluding carboxylic acids is 1. The maximum Gasteiger partial charge on any atom is 0.258 e. The fourth-order valence-corrected chi connectivity index (χ4v) is 3.81. The van der Waals surface area contributed by atoms with Crippen LogP contribution >= 0.6 is 0 Å². The summed E-state index contributed by atoms with van der Waals surface area (Å²) in [6.45, 7) is 0.625. The molecule has 3 aromatic carbocycles. The molecule has 5 rings (SSSR count). The second-order valence-corrected chi connectivity index (χ2v) is 7.62. The van der Waals surface area contributed by atoms with E-state index in [0.29, 0.717) is 12.1 Å². The highest BCUT2D eigenvalue weighted by atomic mass is 16.5. The van der Waals surface area contributed by atoms with E-state index in [1.165, 1.54) is 0 Å². The summed E-state index contributed by atoms with van der Waals surface area (Å²) in [5, 5.41) is 0. The van der Waals surface area contributed by atoms with Crippen molar-refractivity contribution in [2.24, 2.45) is 0 Å². The molecule has 0 fully saturated rings. The van der Waals surface area contributed by atoms with Gasteiger partial charge in [0.25, 0.3) is 5.91 Å². The van der Waals surface area contributed by atoms with Crippen molar-refractivity contribution < 1.29 is 9.53 Å². The van der Waals surface area contributed by atoms with Crippen molar-refractivity contribution in [3.63, 3.8) is 0 Å². The van der Waals surface area contributed by atoms with Crippen molar-refractivity contribution in [3.8, 4) is 16.9 Å². The summed E-state index contributed by atoms with van der Waals surface area (Å²) in [7, 11) is 0. The van der Waals surface area contributed by atoms with Crippen LogP contribution < -0.4 is 9.64 Å². The van der Waals surface area contributed by atoms with Crippen LogP contribution in [0.4, 0.5) is 5.69 Å². The lowest BCUT2D eigenvalue weighted by Gasteiger charge is -2.26. The number of para-hydroxylation sites is 1. The molecule has 32 heavy (non-hydrogen) atoms. The summed E-state index contributed by atoms with van der Waals surface area (Å²) in [4.78, 5) is 19.8. The van der Waals surface area contributed by atoms with Gasteiger partial charge in [0, 0.05) is 17.4 Å². The zero-order valence-corrected chi connectivity index (χ0v) is 17.5. The van der Waals surface area contributed by atoms with Crippen LogP contribution in [0.15, 0.2) is 109 Å². The Hall–Kier alpha value is -4.18. The molecule has 0 N–H and O–H groups in total. The number of nitrogens with zero attached hydrogens (tertiary/aromatic N) is 2. The fourth-order valence-electron chi connectivity index (χ4n) is 3.81. The normalized spacial score (nSPS) is 12.3. The van der Waals surface area contributed by atoms with E-state index in [1.807, 2.05) is 91.0 Å². The SMILES string of the molecule is O=C(C1=Cc2ccccc2OC1)N(Cc1ccccn1)c1ccc(-c2ccccc2)cc1. The number of anilines is 1.